The van der Waals surface area contributed by atoms with Gasteiger partial charge in [0.25, 0.3) is 0 Å². The summed E-state index contributed by atoms with van der Waals surface area (Å²) < 4.78 is 5.49. The first kappa shape index (κ1) is 11.0. The molecule has 1 heterocycles. The predicted molar refractivity (Wildman–Crippen MR) is 65.3 cm³/mol. The summed E-state index contributed by atoms with van der Waals surface area (Å²) in [6.45, 7) is 3.92. The van der Waals surface area contributed by atoms with E-state index in [1.807, 2.05) is 38.1 Å². The lowest BCUT2D eigenvalue weighted by Crippen LogP contribution is -2.13. The van der Waals surface area contributed by atoms with E-state index < -0.39 is 0 Å². The fourth-order valence-corrected chi connectivity index (χ4v) is 2.00. The number of rotatable bonds is 3. The lowest BCUT2D eigenvalue weighted by atomic mass is 10.0. The summed E-state index contributed by atoms with van der Waals surface area (Å²) in [5.41, 5.74) is 8.55. The molecule has 0 aliphatic carbocycles. The third-order valence-corrected chi connectivity index (χ3v) is 2.78. The van der Waals surface area contributed by atoms with Crippen molar-refractivity contribution in [3.8, 4) is 0 Å². The highest BCUT2D eigenvalue weighted by Gasteiger charge is 2.13. The van der Waals surface area contributed by atoms with Crippen LogP contribution in [0.15, 0.2) is 40.8 Å². The summed E-state index contributed by atoms with van der Waals surface area (Å²) in [6.07, 6.45) is 0.848. The number of benzene rings is 1. The van der Waals surface area contributed by atoms with Gasteiger partial charge in [-0.15, -0.1) is 0 Å². The second kappa shape index (κ2) is 4.54. The first-order chi connectivity index (χ1) is 7.66. The highest BCUT2D eigenvalue weighted by molar-refractivity contribution is 5.26. The molecule has 0 saturated heterocycles. The Morgan fingerprint density at radius 2 is 1.88 bits per heavy atom. The fourth-order valence-electron chi connectivity index (χ4n) is 2.00. The molecule has 0 fully saturated rings. The van der Waals surface area contributed by atoms with Crippen LogP contribution in [0.25, 0.3) is 0 Å². The topological polar surface area (TPSA) is 39.2 Å². The Bertz CT molecular complexity index is 459. The van der Waals surface area contributed by atoms with Gasteiger partial charge in [0.15, 0.2) is 0 Å². The van der Waals surface area contributed by atoms with E-state index >= 15 is 0 Å². The Labute approximate surface area is 96.1 Å². The van der Waals surface area contributed by atoms with Crippen molar-refractivity contribution in [1.82, 2.24) is 0 Å². The molecule has 1 aromatic carbocycles. The number of nitrogens with two attached hydrogens (primary N) is 1. The van der Waals surface area contributed by atoms with Gasteiger partial charge >= 0.3 is 0 Å². The molecule has 0 aliphatic heterocycles. The maximum atomic E-state index is 6.18. The number of furan rings is 1. The maximum Gasteiger partial charge on any atom is 0.105 e. The number of aryl methyl sites for hydroxylation is 2. The zero-order chi connectivity index (χ0) is 11.5. The van der Waals surface area contributed by atoms with E-state index in [2.05, 4.69) is 12.1 Å². The minimum atomic E-state index is 0.0137. The number of hydrogen-bond donors (Lipinski definition) is 1. The summed E-state index contributed by atoms with van der Waals surface area (Å²) >= 11 is 0. The minimum Gasteiger partial charge on any atom is -0.466 e. The van der Waals surface area contributed by atoms with Gasteiger partial charge in [-0.05, 0) is 31.9 Å². The van der Waals surface area contributed by atoms with Crippen molar-refractivity contribution in [1.29, 1.82) is 0 Å². The molecule has 2 heteroatoms. The van der Waals surface area contributed by atoms with Gasteiger partial charge in [0.05, 0.1) is 0 Å². The van der Waals surface area contributed by atoms with E-state index in [0.29, 0.717) is 0 Å². The third kappa shape index (κ3) is 2.34. The van der Waals surface area contributed by atoms with Gasteiger partial charge in [-0.1, -0.05) is 30.3 Å². The molecule has 1 unspecified atom stereocenters. The van der Waals surface area contributed by atoms with E-state index in [1.54, 1.807) is 0 Å². The lowest BCUT2D eigenvalue weighted by Gasteiger charge is -2.10. The van der Waals surface area contributed by atoms with Crippen molar-refractivity contribution in [3.63, 3.8) is 0 Å². The van der Waals surface area contributed by atoms with Crippen molar-refractivity contribution in [2.45, 2.75) is 26.3 Å². The first-order valence-corrected chi connectivity index (χ1v) is 5.53. The van der Waals surface area contributed by atoms with E-state index in [-0.39, 0.29) is 6.04 Å². The first-order valence-electron chi connectivity index (χ1n) is 5.53. The van der Waals surface area contributed by atoms with Gasteiger partial charge in [-0.3, -0.25) is 0 Å². The molecule has 0 aliphatic rings. The number of hydrogen-bond acceptors (Lipinski definition) is 2. The molecule has 2 aromatic rings. The smallest absolute Gasteiger partial charge is 0.105 e. The van der Waals surface area contributed by atoms with Crippen molar-refractivity contribution in [2.24, 2.45) is 5.73 Å². The molecule has 1 aromatic heterocycles. The standard InChI is InChI=1S/C14H17NO/c1-10-8-13(11(2)16-10)14(15)9-12-6-4-3-5-7-12/h3-8,14H,9,15H2,1-2H3. The predicted octanol–water partition coefficient (Wildman–Crippen LogP) is 3.14. The van der Waals surface area contributed by atoms with Crippen molar-refractivity contribution < 1.29 is 4.42 Å². The normalized spacial score (nSPS) is 12.7. The van der Waals surface area contributed by atoms with E-state index in [0.717, 1.165) is 23.5 Å². The highest BCUT2D eigenvalue weighted by Crippen LogP contribution is 2.22. The molecule has 2 rings (SSSR count). The van der Waals surface area contributed by atoms with E-state index in [9.17, 15) is 0 Å². The molecule has 0 saturated carbocycles. The van der Waals surface area contributed by atoms with Crippen LogP contribution < -0.4 is 5.73 Å². The molecule has 84 valence electrons. The molecule has 1 atom stereocenters. The van der Waals surface area contributed by atoms with Gasteiger partial charge in [0, 0.05) is 11.6 Å². The lowest BCUT2D eigenvalue weighted by molar-refractivity contribution is 0.497. The SMILES string of the molecule is Cc1cc(C(N)Cc2ccccc2)c(C)o1. The fraction of sp³-hybridized carbons (Fsp3) is 0.286. The Morgan fingerprint density at radius 3 is 2.44 bits per heavy atom. The average molecular weight is 215 g/mol. The summed E-state index contributed by atoms with van der Waals surface area (Å²) in [6, 6.07) is 12.3. The van der Waals surface area contributed by atoms with Crippen LogP contribution in [0.1, 0.15) is 28.7 Å². The Morgan fingerprint density at radius 1 is 1.19 bits per heavy atom. The molecule has 0 bridgehead atoms. The van der Waals surface area contributed by atoms with E-state index in [1.165, 1.54) is 5.56 Å². The second-order valence-electron chi connectivity index (χ2n) is 4.16. The van der Waals surface area contributed by atoms with Crippen LogP contribution in [-0.2, 0) is 6.42 Å². The minimum absolute atomic E-state index is 0.0137. The van der Waals surface area contributed by atoms with Gasteiger partial charge in [-0.25, -0.2) is 0 Å². The quantitative estimate of drug-likeness (QED) is 0.854. The molecular weight excluding hydrogens is 198 g/mol. The van der Waals surface area contributed by atoms with Crippen LogP contribution in [0.4, 0.5) is 0 Å². The largest absolute Gasteiger partial charge is 0.466 e. The summed E-state index contributed by atoms with van der Waals surface area (Å²) in [4.78, 5) is 0. The molecule has 2 nitrogen and oxygen atoms in total. The molecule has 0 radical (unpaired) electrons. The van der Waals surface area contributed by atoms with Crippen LogP contribution in [0, 0.1) is 13.8 Å². The van der Waals surface area contributed by atoms with Crippen LogP contribution in [0.2, 0.25) is 0 Å². The Kier molecular flexibility index (Phi) is 3.11. The second-order valence-corrected chi connectivity index (χ2v) is 4.16. The van der Waals surface area contributed by atoms with Gasteiger partial charge in [0.1, 0.15) is 11.5 Å². The molecule has 16 heavy (non-hydrogen) atoms. The zero-order valence-electron chi connectivity index (χ0n) is 9.73. The monoisotopic (exact) mass is 215 g/mol. The van der Waals surface area contributed by atoms with Crippen molar-refractivity contribution in [3.05, 3.63) is 59.0 Å². The molecule has 2 N–H and O–H groups in total. The van der Waals surface area contributed by atoms with Gasteiger partial charge in [0.2, 0.25) is 0 Å². The average Bonchev–Trinajstić information content (AvgIpc) is 2.59. The Balaban J connectivity index is 2.14. The van der Waals surface area contributed by atoms with Crippen molar-refractivity contribution in [2.75, 3.05) is 0 Å². The van der Waals surface area contributed by atoms with Gasteiger partial charge < -0.3 is 10.2 Å². The van der Waals surface area contributed by atoms with Gasteiger partial charge in [-0.2, -0.15) is 0 Å². The molecule has 0 amide bonds. The molecular formula is C14H17NO. The van der Waals surface area contributed by atoms with E-state index in [4.69, 9.17) is 10.2 Å². The van der Waals surface area contributed by atoms with Crippen LogP contribution >= 0.6 is 0 Å². The van der Waals surface area contributed by atoms with Crippen LogP contribution in [-0.4, -0.2) is 0 Å². The maximum absolute atomic E-state index is 6.18. The van der Waals surface area contributed by atoms with Crippen LogP contribution in [0.5, 0.6) is 0 Å². The molecule has 0 spiro atoms. The third-order valence-electron chi connectivity index (χ3n) is 2.78. The zero-order valence-corrected chi connectivity index (χ0v) is 9.73. The van der Waals surface area contributed by atoms with Crippen LogP contribution in [0.3, 0.4) is 0 Å². The summed E-state index contributed by atoms with van der Waals surface area (Å²) in [7, 11) is 0. The Hall–Kier alpha value is -1.54. The van der Waals surface area contributed by atoms with Crippen molar-refractivity contribution >= 4 is 0 Å². The summed E-state index contributed by atoms with van der Waals surface area (Å²) in [5, 5.41) is 0. The highest BCUT2D eigenvalue weighted by atomic mass is 16.3. The summed E-state index contributed by atoms with van der Waals surface area (Å²) in [5.74, 6) is 1.86.